The van der Waals surface area contributed by atoms with Crippen LogP contribution in [0.25, 0.3) is 11.6 Å². The van der Waals surface area contributed by atoms with Crippen molar-refractivity contribution in [2.75, 3.05) is 18.0 Å². The molecule has 0 aromatic carbocycles. The van der Waals surface area contributed by atoms with Crippen LogP contribution in [0.15, 0.2) is 16.5 Å². The minimum atomic E-state index is -0.597. The molecule has 1 atom stereocenters. The van der Waals surface area contributed by atoms with Gasteiger partial charge in [-0.15, -0.1) is 5.10 Å². The molecule has 0 bridgehead atoms. The number of hydrogen-bond donors (Lipinski definition) is 2. The van der Waals surface area contributed by atoms with Gasteiger partial charge in [-0.2, -0.15) is 4.98 Å². The molecule has 0 radical (unpaired) electrons. The van der Waals surface area contributed by atoms with Crippen LogP contribution in [-0.4, -0.2) is 39.2 Å². The molecule has 3 N–H and O–H groups in total. The van der Waals surface area contributed by atoms with Gasteiger partial charge in [0.15, 0.2) is 11.6 Å². The lowest BCUT2D eigenvalue weighted by Gasteiger charge is -2.11. The molecule has 1 unspecified atom stereocenters. The Bertz CT molecular complexity index is 606. The lowest BCUT2D eigenvalue weighted by molar-refractivity contribution is -0.401. The first kappa shape index (κ1) is 11.7. The summed E-state index contributed by atoms with van der Waals surface area (Å²) in [7, 11) is 0. The van der Waals surface area contributed by atoms with Crippen LogP contribution in [0.4, 0.5) is 11.8 Å². The Labute approximate surface area is 107 Å². The first-order valence-electron chi connectivity index (χ1n) is 5.81. The second-order valence-corrected chi connectivity index (χ2v) is 4.37. The molecule has 2 aromatic heterocycles. The molecule has 19 heavy (non-hydrogen) atoms. The molecule has 3 rings (SSSR count). The van der Waals surface area contributed by atoms with E-state index in [9.17, 15) is 10.1 Å². The Kier molecular flexibility index (Phi) is 2.67. The summed E-state index contributed by atoms with van der Waals surface area (Å²) in [5.41, 5.74) is 5.82. The molecule has 1 fully saturated rings. The summed E-state index contributed by atoms with van der Waals surface area (Å²) in [4.78, 5) is 16.2. The van der Waals surface area contributed by atoms with Gasteiger partial charge < -0.3 is 15.1 Å². The smallest absolute Gasteiger partial charge is 0.397 e. The Morgan fingerprint density at radius 1 is 1.58 bits per heavy atom. The molecule has 0 saturated carbocycles. The fourth-order valence-corrected chi connectivity index (χ4v) is 2.03. The van der Waals surface area contributed by atoms with E-state index < -0.39 is 4.92 Å². The van der Waals surface area contributed by atoms with E-state index in [-0.39, 0.29) is 17.7 Å². The van der Waals surface area contributed by atoms with E-state index >= 15 is 0 Å². The van der Waals surface area contributed by atoms with Crippen LogP contribution in [0.5, 0.6) is 0 Å². The standard InChI is InChI=1S/C10H12N6O3/c11-6-3-4-15(5-6)10-12-9(13-14-10)7-1-2-8(19-7)16(17)18/h1-2,6H,3-5,11H2,(H,12,13,14). The lowest BCUT2D eigenvalue weighted by atomic mass is 10.3. The van der Waals surface area contributed by atoms with Crippen LogP contribution < -0.4 is 10.6 Å². The third kappa shape index (κ3) is 2.15. The van der Waals surface area contributed by atoms with E-state index in [4.69, 9.17) is 10.2 Å². The zero-order valence-electron chi connectivity index (χ0n) is 9.94. The number of nitrogens with one attached hydrogen (secondary N) is 1. The molecule has 2 aromatic rings. The topological polar surface area (TPSA) is 127 Å². The molecule has 0 spiro atoms. The number of hydrogen-bond acceptors (Lipinski definition) is 7. The van der Waals surface area contributed by atoms with Gasteiger partial charge in [-0.3, -0.25) is 15.2 Å². The Hall–Kier alpha value is -2.42. The highest BCUT2D eigenvalue weighted by molar-refractivity contribution is 5.51. The van der Waals surface area contributed by atoms with E-state index in [0.29, 0.717) is 18.3 Å². The van der Waals surface area contributed by atoms with E-state index in [2.05, 4.69) is 15.2 Å². The Balaban J connectivity index is 1.82. The van der Waals surface area contributed by atoms with Crippen LogP contribution in [0.3, 0.4) is 0 Å². The average Bonchev–Trinajstić information content (AvgIpc) is 3.07. The van der Waals surface area contributed by atoms with Crippen LogP contribution >= 0.6 is 0 Å². The van der Waals surface area contributed by atoms with Gasteiger partial charge in [0, 0.05) is 19.1 Å². The monoisotopic (exact) mass is 264 g/mol. The highest BCUT2D eigenvalue weighted by Crippen LogP contribution is 2.25. The largest absolute Gasteiger partial charge is 0.433 e. The molecule has 1 saturated heterocycles. The summed E-state index contributed by atoms with van der Waals surface area (Å²) in [6.45, 7) is 1.51. The van der Waals surface area contributed by atoms with Gasteiger partial charge in [0.1, 0.15) is 4.92 Å². The number of nitrogens with zero attached hydrogens (tertiary/aromatic N) is 4. The van der Waals surface area contributed by atoms with Gasteiger partial charge in [0.05, 0.1) is 6.07 Å². The van der Waals surface area contributed by atoms with E-state index in [1.54, 1.807) is 0 Å². The molecule has 100 valence electrons. The quantitative estimate of drug-likeness (QED) is 0.610. The summed E-state index contributed by atoms with van der Waals surface area (Å²) in [5, 5.41) is 17.3. The van der Waals surface area contributed by atoms with Crippen LogP contribution in [0.1, 0.15) is 6.42 Å². The Morgan fingerprint density at radius 3 is 3.05 bits per heavy atom. The highest BCUT2D eigenvalue weighted by Gasteiger charge is 2.23. The zero-order valence-corrected chi connectivity index (χ0v) is 9.94. The lowest BCUT2D eigenvalue weighted by Crippen LogP contribution is -2.26. The van der Waals surface area contributed by atoms with Crippen molar-refractivity contribution in [3.8, 4) is 11.6 Å². The third-order valence-corrected chi connectivity index (χ3v) is 2.99. The van der Waals surface area contributed by atoms with Crippen molar-refractivity contribution < 1.29 is 9.34 Å². The predicted octanol–water partition coefficient (Wildman–Crippen LogP) is 0.510. The summed E-state index contributed by atoms with van der Waals surface area (Å²) < 4.78 is 5.05. The van der Waals surface area contributed by atoms with E-state index in [1.807, 2.05) is 4.90 Å². The first-order chi connectivity index (χ1) is 9.13. The van der Waals surface area contributed by atoms with Crippen molar-refractivity contribution in [3.05, 3.63) is 22.2 Å². The van der Waals surface area contributed by atoms with Crippen LogP contribution in [0, 0.1) is 10.1 Å². The number of nitrogens with two attached hydrogens (primary N) is 1. The predicted molar refractivity (Wildman–Crippen MR) is 65.5 cm³/mol. The summed E-state index contributed by atoms with van der Waals surface area (Å²) in [5.74, 6) is 0.857. The molecule has 9 nitrogen and oxygen atoms in total. The number of aromatic amines is 1. The van der Waals surface area contributed by atoms with Gasteiger partial charge >= 0.3 is 5.88 Å². The number of nitro groups is 1. The van der Waals surface area contributed by atoms with E-state index in [0.717, 1.165) is 13.0 Å². The van der Waals surface area contributed by atoms with E-state index in [1.165, 1.54) is 12.1 Å². The van der Waals surface area contributed by atoms with Crippen molar-refractivity contribution in [3.63, 3.8) is 0 Å². The minimum absolute atomic E-state index is 0.131. The normalized spacial score (nSPS) is 19.0. The second kappa shape index (κ2) is 4.35. The SMILES string of the molecule is NC1CCN(c2n[nH]c(-c3ccc([N+](=O)[O-])o3)n2)C1. The molecule has 9 heteroatoms. The van der Waals surface area contributed by atoms with Gasteiger partial charge in [-0.1, -0.05) is 0 Å². The van der Waals surface area contributed by atoms with Crippen LogP contribution in [0.2, 0.25) is 0 Å². The fourth-order valence-electron chi connectivity index (χ4n) is 2.03. The maximum absolute atomic E-state index is 10.5. The first-order valence-corrected chi connectivity index (χ1v) is 5.81. The van der Waals surface area contributed by atoms with Gasteiger partial charge in [0.2, 0.25) is 5.95 Å². The molecular formula is C10H12N6O3. The van der Waals surface area contributed by atoms with Gasteiger partial charge in [-0.05, 0) is 12.5 Å². The molecular weight excluding hydrogens is 252 g/mol. The van der Waals surface area contributed by atoms with Gasteiger partial charge in [-0.25, -0.2) is 0 Å². The second-order valence-electron chi connectivity index (χ2n) is 4.37. The van der Waals surface area contributed by atoms with Crippen molar-refractivity contribution >= 4 is 11.8 Å². The summed E-state index contributed by atoms with van der Waals surface area (Å²) in [6, 6.07) is 2.90. The Morgan fingerprint density at radius 2 is 2.42 bits per heavy atom. The van der Waals surface area contributed by atoms with Crippen molar-refractivity contribution in [2.45, 2.75) is 12.5 Å². The number of aromatic nitrogens is 3. The van der Waals surface area contributed by atoms with Crippen LogP contribution in [-0.2, 0) is 0 Å². The molecule has 3 heterocycles. The van der Waals surface area contributed by atoms with Crippen molar-refractivity contribution in [2.24, 2.45) is 5.73 Å². The maximum atomic E-state index is 10.5. The minimum Gasteiger partial charge on any atom is -0.397 e. The highest BCUT2D eigenvalue weighted by atomic mass is 16.6. The maximum Gasteiger partial charge on any atom is 0.433 e. The summed E-state index contributed by atoms with van der Waals surface area (Å²) >= 11 is 0. The molecule has 1 aliphatic heterocycles. The number of rotatable bonds is 3. The molecule has 0 amide bonds. The number of furan rings is 1. The van der Waals surface area contributed by atoms with Crippen molar-refractivity contribution in [1.29, 1.82) is 0 Å². The number of anilines is 1. The zero-order chi connectivity index (χ0) is 13.4. The average molecular weight is 264 g/mol. The molecule has 0 aliphatic carbocycles. The van der Waals surface area contributed by atoms with Gasteiger partial charge in [0.25, 0.3) is 0 Å². The van der Waals surface area contributed by atoms with Crippen molar-refractivity contribution in [1.82, 2.24) is 15.2 Å². The fraction of sp³-hybridized carbons (Fsp3) is 0.400. The third-order valence-electron chi connectivity index (χ3n) is 2.99. The molecule has 1 aliphatic rings. The summed E-state index contributed by atoms with van der Waals surface area (Å²) in [6.07, 6.45) is 0.899. The number of H-pyrrole nitrogens is 1.